The third-order valence-electron chi connectivity index (χ3n) is 2.85. The van der Waals surface area contributed by atoms with Gasteiger partial charge < -0.3 is 15.8 Å². The molecule has 1 saturated carbocycles. The smallest absolute Gasteiger partial charge is 0.291 e. The van der Waals surface area contributed by atoms with E-state index in [-0.39, 0.29) is 29.9 Å². The maximum Gasteiger partial charge on any atom is 0.291 e. The van der Waals surface area contributed by atoms with Crippen molar-refractivity contribution in [2.24, 2.45) is 5.73 Å². The molecule has 0 radical (unpaired) electrons. The fourth-order valence-corrected chi connectivity index (χ4v) is 1.89. The molecular weight excluding hydrogens is 222 g/mol. The number of amides is 1. The third kappa shape index (κ3) is 2.45. The van der Waals surface area contributed by atoms with Crippen LogP contribution in [-0.2, 0) is 4.74 Å². The summed E-state index contributed by atoms with van der Waals surface area (Å²) in [6.45, 7) is 4.27. The fraction of sp³-hybridized carbons (Fsp3) is 0.700. The monoisotopic (exact) mass is 239 g/mol. The number of nitrogens with zero attached hydrogens (tertiary/aromatic N) is 2. The van der Waals surface area contributed by atoms with Gasteiger partial charge >= 0.3 is 0 Å². The molecule has 3 unspecified atom stereocenters. The van der Waals surface area contributed by atoms with Crippen molar-refractivity contribution in [1.82, 2.24) is 20.5 Å². The Morgan fingerprint density at radius 1 is 1.71 bits per heavy atom. The van der Waals surface area contributed by atoms with Crippen LogP contribution in [0.5, 0.6) is 0 Å². The highest BCUT2D eigenvalue weighted by molar-refractivity contribution is 5.90. The molecule has 0 spiro atoms. The summed E-state index contributed by atoms with van der Waals surface area (Å²) in [5.41, 5.74) is 5.83. The summed E-state index contributed by atoms with van der Waals surface area (Å²) in [4.78, 5) is 15.7. The normalized spacial score (nSPS) is 27.6. The molecule has 0 bridgehead atoms. The number of carbonyl (C=O) groups excluding carboxylic acids is 1. The van der Waals surface area contributed by atoms with Crippen molar-refractivity contribution in [2.75, 3.05) is 6.61 Å². The lowest BCUT2D eigenvalue weighted by Crippen LogP contribution is -2.64. The predicted molar refractivity (Wildman–Crippen MR) is 60.4 cm³/mol. The number of H-pyrrole nitrogens is 1. The van der Waals surface area contributed by atoms with E-state index in [0.717, 1.165) is 6.42 Å². The van der Waals surface area contributed by atoms with E-state index in [0.29, 0.717) is 12.4 Å². The second kappa shape index (κ2) is 4.80. The maximum atomic E-state index is 11.8. The molecule has 94 valence electrons. The van der Waals surface area contributed by atoms with Gasteiger partial charge in [-0.3, -0.25) is 9.89 Å². The zero-order valence-corrected chi connectivity index (χ0v) is 9.93. The molecule has 1 aliphatic rings. The van der Waals surface area contributed by atoms with Gasteiger partial charge in [0.05, 0.1) is 12.1 Å². The molecule has 17 heavy (non-hydrogen) atoms. The van der Waals surface area contributed by atoms with Crippen molar-refractivity contribution in [3.05, 3.63) is 11.6 Å². The molecule has 1 amide bonds. The van der Waals surface area contributed by atoms with Gasteiger partial charge in [0.1, 0.15) is 5.82 Å². The van der Waals surface area contributed by atoms with E-state index in [4.69, 9.17) is 10.5 Å². The summed E-state index contributed by atoms with van der Waals surface area (Å²) >= 11 is 0. The molecule has 0 aromatic carbocycles. The van der Waals surface area contributed by atoms with E-state index >= 15 is 0 Å². The third-order valence-corrected chi connectivity index (χ3v) is 2.85. The quantitative estimate of drug-likeness (QED) is 0.647. The number of nitrogens with one attached hydrogen (secondary N) is 2. The molecule has 7 heteroatoms. The zero-order chi connectivity index (χ0) is 12.4. The lowest BCUT2D eigenvalue weighted by molar-refractivity contribution is -0.0301. The Kier molecular flexibility index (Phi) is 3.39. The summed E-state index contributed by atoms with van der Waals surface area (Å²) in [5.74, 6) is 0.422. The molecule has 1 aliphatic carbocycles. The van der Waals surface area contributed by atoms with Crippen molar-refractivity contribution in [3.63, 3.8) is 0 Å². The van der Waals surface area contributed by atoms with Gasteiger partial charge in [0.2, 0.25) is 5.82 Å². The SMILES string of the molecule is CCOC1CC(N)C1NC(=O)c1n[nH]c(C)n1. The van der Waals surface area contributed by atoms with Gasteiger partial charge in [-0.1, -0.05) is 0 Å². The second-order valence-electron chi connectivity index (χ2n) is 4.14. The first-order chi connectivity index (χ1) is 8.11. The van der Waals surface area contributed by atoms with Crippen LogP contribution >= 0.6 is 0 Å². The fourth-order valence-electron chi connectivity index (χ4n) is 1.89. The Labute approximate surface area is 99.1 Å². The van der Waals surface area contributed by atoms with Gasteiger partial charge in [0.25, 0.3) is 5.91 Å². The standard InChI is InChI=1S/C10H17N5O2/c1-3-17-7-4-6(11)8(7)13-10(16)9-12-5(2)14-15-9/h6-8H,3-4,11H2,1-2H3,(H,13,16)(H,12,14,15). The molecule has 3 atom stereocenters. The van der Waals surface area contributed by atoms with Crippen LogP contribution in [0, 0.1) is 6.92 Å². The van der Waals surface area contributed by atoms with Crippen molar-refractivity contribution >= 4 is 5.91 Å². The first kappa shape index (κ1) is 12.0. The number of aryl methyl sites for hydroxylation is 1. The summed E-state index contributed by atoms with van der Waals surface area (Å²) < 4.78 is 5.46. The number of carbonyl (C=O) groups is 1. The molecule has 4 N–H and O–H groups in total. The number of ether oxygens (including phenoxy) is 1. The number of nitrogens with two attached hydrogens (primary N) is 1. The molecular formula is C10H17N5O2. The first-order valence-corrected chi connectivity index (χ1v) is 5.69. The van der Waals surface area contributed by atoms with E-state index in [9.17, 15) is 4.79 Å². The van der Waals surface area contributed by atoms with Crippen LogP contribution in [0.2, 0.25) is 0 Å². The van der Waals surface area contributed by atoms with Gasteiger partial charge in [-0.15, -0.1) is 5.10 Å². The van der Waals surface area contributed by atoms with Crippen molar-refractivity contribution in [3.8, 4) is 0 Å². The Bertz CT molecular complexity index is 403. The number of aromatic nitrogens is 3. The Hall–Kier alpha value is -1.47. The maximum absolute atomic E-state index is 11.8. The van der Waals surface area contributed by atoms with Crippen LogP contribution in [0.3, 0.4) is 0 Å². The van der Waals surface area contributed by atoms with Gasteiger partial charge in [-0.2, -0.15) is 0 Å². The number of rotatable bonds is 4. The van der Waals surface area contributed by atoms with Gasteiger partial charge in [0.15, 0.2) is 0 Å². The molecule has 0 aliphatic heterocycles. The highest BCUT2D eigenvalue weighted by atomic mass is 16.5. The van der Waals surface area contributed by atoms with Crippen LogP contribution in [0.4, 0.5) is 0 Å². The van der Waals surface area contributed by atoms with Crippen LogP contribution in [0.1, 0.15) is 29.8 Å². The second-order valence-corrected chi connectivity index (χ2v) is 4.14. The Morgan fingerprint density at radius 2 is 2.47 bits per heavy atom. The van der Waals surface area contributed by atoms with Gasteiger partial charge in [-0.05, 0) is 20.3 Å². The highest BCUT2D eigenvalue weighted by Gasteiger charge is 2.40. The molecule has 1 heterocycles. The van der Waals surface area contributed by atoms with Gasteiger partial charge in [0, 0.05) is 12.6 Å². The predicted octanol–water partition coefficient (Wildman–Crippen LogP) is -0.652. The molecule has 0 saturated heterocycles. The van der Waals surface area contributed by atoms with Crippen LogP contribution in [0.25, 0.3) is 0 Å². The number of hydrogen-bond donors (Lipinski definition) is 3. The van der Waals surface area contributed by atoms with E-state index in [1.165, 1.54) is 0 Å². The minimum absolute atomic E-state index is 0.000936. The van der Waals surface area contributed by atoms with E-state index in [1.807, 2.05) is 6.92 Å². The van der Waals surface area contributed by atoms with Crippen molar-refractivity contribution in [2.45, 2.75) is 38.5 Å². The minimum atomic E-state index is -0.320. The van der Waals surface area contributed by atoms with Crippen molar-refractivity contribution in [1.29, 1.82) is 0 Å². The average molecular weight is 239 g/mol. The van der Waals surface area contributed by atoms with Crippen molar-refractivity contribution < 1.29 is 9.53 Å². The Morgan fingerprint density at radius 3 is 3.00 bits per heavy atom. The highest BCUT2D eigenvalue weighted by Crippen LogP contribution is 2.22. The van der Waals surface area contributed by atoms with Crippen LogP contribution in [-0.4, -0.2) is 45.9 Å². The van der Waals surface area contributed by atoms with E-state index in [1.54, 1.807) is 6.92 Å². The summed E-state index contributed by atoms with van der Waals surface area (Å²) in [5, 5.41) is 9.21. The summed E-state index contributed by atoms with van der Waals surface area (Å²) in [7, 11) is 0. The molecule has 1 aromatic rings. The largest absolute Gasteiger partial charge is 0.376 e. The topological polar surface area (TPSA) is 106 Å². The number of aromatic amines is 1. The molecule has 2 rings (SSSR count). The van der Waals surface area contributed by atoms with Crippen LogP contribution in [0.15, 0.2) is 0 Å². The van der Waals surface area contributed by atoms with Crippen LogP contribution < -0.4 is 11.1 Å². The summed E-state index contributed by atoms with van der Waals surface area (Å²) in [6, 6.07) is -0.211. The minimum Gasteiger partial charge on any atom is -0.376 e. The lowest BCUT2D eigenvalue weighted by atomic mass is 9.83. The molecule has 7 nitrogen and oxygen atoms in total. The van der Waals surface area contributed by atoms with Gasteiger partial charge in [-0.25, -0.2) is 4.98 Å². The first-order valence-electron chi connectivity index (χ1n) is 5.69. The number of hydrogen-bond acceptors (Lipinski definition) is 5. The summed E-state index contributed by atoms with van der Waals surface area (Å²) in [6.07, 6.45) is 0.769. The molecule has 1 aromatic heterocycles. The van der Waals surface area contributed by atoms with E-state index in [2.05, 4.69) is 20.5 Å². The zero-order valence-electron chi connectivity index (χ0n) is 9.93. The van der Waals surface area contributed by atoms with E-state index < -0.39 is 0 Å². The average Bonchev–Trinajstić information content (AvgIpc) is 2.72. The Balaban J connectivity index is 1.94. The lowest BCUT2D eigenvalue weighted by Gasteiger charge is -2.42. The molecule has 1 fully saturated rings.